The minimum Gasteiger partial charge on any atom is -0.356 e. The van der Waals surface area contributed by atoms with Crippen LogP contribution in [0.4, 0.5) is 0 Å². The summed E-state index contributed by atoms with van der Waals surface area (Å²) in [5.74, 6) is 0.848. The molecule has 7 nitrogen and oxygen atoms in total. The zero-order chi connectivity index (χ0) is 16.4. The maximum Gasteiger partial charge on any atom is 0.343 e. The Morgan fingerprint density at radius 1 is 1.48 bits per heavy atom. The molecule has 2 aromatic rings. The summed E-state index contributed by atoms with van der Waals surface area (Å²) in [4.78, 5) is 26.7. The van der Waals surface area contributed by atoms with Crippen molar-refractivity contribution in [1.29, 1.82) is 0 Å². The lowest BCUT2D eigenvalue weighted by Crippen LogP contribution is -2.43. The van der Waals surface area contributed by atoms with Crippen LogP contribution in [0.15, 0.2) is 17.1 Å². The Kier molecular flexibility index (Phi) is 4.56. The molecule has 3 rings (SSSR count). The monoisotopic (exact) mass is 337 g/mol. The Morgan fingerprint density at radius 3 is 2.91 bits per heavy atom. The fourth-order valence-corrected chi connectivity index (χ4v) is 3.35. The van der Waals surface area contributed by atoms with E-state index in [9.17, 15) is 9.59 Å². The SMILES string of the molecule is Cn1c(C[C@H]2CCCC[C@H]2NC(=O)c2cc(Cl)c[nH]2)n[nH]c1=O. The quantitative estimate of drug-likeness (QED) is 0.791. The highest BCUT2D eigenvalue weighted by Gasteiger charge is 2.28. The first-order valence-corrected chi connectivity index (χ1v) is 8.17. The molecule has 2 aromatic heterocycles. The van der Waals surface area contributed by atoms with Crippen molar-refractivity contribution in [3.8, 4) is 0 Å². The van der Waals surface area contributed by atoms with Crippen molar-refractivity contribution in [2.75, 3.05) is 0 Å². The van der Waals surface area contributed by atoms with Gasteiger partial charge in [0.25, 0.3) is 5.91 Å². The van der Waals surface area contributed by atoms with Gasteiger partial charge in [0.15, 0.2) is 0 Å². The average Bonchev–Trinajstić information content (AvgIpc) is 3.10. The maximum absolute atomic E-state index is 12.3. The molecule has 1 aliphatic rings. The minimum atomic E-state index is -0.211. The number of nitrogens with zero attached hydrogens (tertiary/aromatic N) is 2. The molecule has 0 spiro atoms. The van der Waals surface area contributed by atoms with E-state index >= 15 is 0 Å². The van der Waals surface area contributed by atoms with Crippen LogP contribution in [0.3, 0.4) is 0 Å². The standard InChI is InChI=1S/C15H20ClN5O2/c1-21-13(19-20-15(21)23)6-9-4-2-3-5-11(9)18-14(22)12-7-10(16)8-17-12/h7-9,11,17H,2-6H2,1H3,(H,18,22)(H,20,23)/t9-,11-/m1/s1. The number of aromatic nitrogens is 4. The lowest BCUT2D eigenvalue weighted by atomic mass is 9.82. The minimum absolute atomic E-state index is 0.0742. The molecule has 1 saturated carbocycles. The summed E-state index contributed by atoms with van der Waals surface area (Å²) in [7, 11) is 1.71. The topological polar surface area (TPSA) is 95.6 Å². The smallest absolute Gasteiger partial charge is 0.343 e. The van der Waals surface area contributed by atoms with E-state index in [0.29, 0.717) is 17.1 Å². The molecule has 8 heteroatoms. The molecule has 0 aromatic carbocycles. The molecule has 0 aliphatic heterocycles. The third kappa shape index (κ3) is 3.50. The van der Waals surface area contributed by atoms with Crippen LogP contribution in [0, 0.1) is 5.92 Å². The highest BCUT2D eigenvalue weighted by molar-refractivity contribution is 6.30. The van der Waals surface area contributed by atoms with Crippen molar-refractivity contribution in [1.82, 2.24) is 25.1 Å². The Morgan fingerprint density at radius 2 is 2.26 bits per heavy atom. The van der Waals surface area contributed by atoms with E-state index in [4.69, 9.17) is 11.6 Å². The summed E-state index contributed by atoms with van der Waals surface area (Å²) in [5, 5.41) is 10.1. The molecule has 0 saturated heterocycles. The molecule has 1 amide bonds. The highest BCUT2D eigenvalue weighted by Crippen LogP contribution is 2.27. The number of rotatable bonds is 4. The van der Waals surface area contributed by atoms with Crippen LogP contribution < -0.4 is 11.0 Å². The van der Waals surface area contributed by atoms with Gasteiger partial charge in [-0.25, -0.2) is 9.89 Å². The largest absolute Gasteiger partial charge is 0.356 e. The second-order valence-electron chi connectivity index (χ2n) is 6.06. The number of carbonyl (C=O) groups excluding carboxylic acids is 1. The van der Waals surface area contributed by atoms with Gasteiger partial charge in [0.05, 0.1) is 5.02 Å². The first-order valence-electron chi connectivity index (χ1n) is 7.79. The van der Waals surface area contributed by atoms with Crippen molar-refractivity contribution in [2.45, 2.75) is 38.1 Å². The van der Waals surface area contributed by atoms with E-state index in [1.807, 2.05) is 0 Å². The molecule has 1 aliphatic carbocycles. The summed E-state index contributed by atoms with van der Waals surface area (Å²) in [5.41, 5.74) is 0.254. The van der Waals surface area contributed by atoms with Crippen LogP contribution in [0.2, 0.25) is 5.02 Å². The average molecular weight is 338 g/mol. The molecule has 124 valence electrons. The van der Waals surface area contributed by atoms with Crippen LogP contribution in [0.25, 0.3) is 0 Å². The van der Waals surface area contributed by atoms with Gasteiger partial charge in [0, 0.05) is 25.7 Å². The highest BCUT2D eigenvalue weighted by atomic mass is 35.5. The van der Waals surface area contributed by atoms with Crippen molar-refractivity contribution in [2.24, 2.45) is 13.0 Å². The number of aromatic amines is 2. The number of nitrogens with one attached hydrogen (secondary N) is 3. The summed E-state index contributed by atoms with van der Waals surface area (Å²) in [6.07, 6.45) is 6.43. The van der Waals surface area contributed by atoms with E-state index in [2.05, 4.69) is 20.5 Å². The van der Waals surface area contributed by atoms with Crippen LogP contribution in [-0.2, 0) is 13.5 Å². The van der Waals surface area contributed by atoms with Gasteiger partial charge in [0.1, 0.15) is 11.5 Å². The Balaban J connectivity index is 1.70. The van der Waals surface area contributed by atoms with Crippen LogP contribution >= 0.6 is 11.6 Å². The van der Waals surface area contributed by atoms with Crippen LogP contribution in [0.1, 0.15) is 42.0 Å². The van der Waals surface area contributed by atoms with E-state index < -0.39 is 0 Å². The second kappa shape index (κ2) is 6.62. The zero-order valence-electron chi connectivity index (χ0n) is 12.9. The van der Waals surface area contributed by atoms with Gasteiger partial charge in [-0.3, -0.25) is 9.36 Å². The van der Waals surface area contributed by atoms with Crippen LogP contribution in [0.5, 0.6) is 0 Å². The molecule has 23 heavy (non-hydrogen) atoms. The van der Waals surface area contributed by atoms with Gasteiger partial charge in [-0.15, -0.1) is 0 Å². The molecule has 0 unspecified atom stereocenters. The van der Waals surface area contributed by atoms with Crippen molar-refractivity contribution < 1.29 is 4.79 Å². The predicted octanol–water partition coefficient (Wildman–Crippen LogP) is 1.62. The molecular formula is C15H20ClN5O2. The van der Waals surface area contributed by atoms with Crippen molar-refractivity contribution in [3.05, 3.63) is 39.3 Å². The van der Waals surface area contributed by atoms with Gasteiger partial charge in [0.2, 0.25) is 0 Å². The lowest BCUT2D eigenvalue weighted by Gasteiger charge is -2.31. The second-order valence-corrected chi connectivity index (χ2v) is 6.50. The lowest BCUT2D eigenvalue weighted by molar-refractivity contribution is 0.0900. The van der Waals surface area contributed by atoms with Gasteiger partial charge in [-0.05, 0) is 24.8 Å². The predicted molar refractivity (Wildman–Crippen MR) is 86.5 cm³/mol. The molecule has 3 N–H and O–H groups in total. The fraction of sp³-hybridized carbons (Fsp3) is 0.533. The summed E-state index contributed by atoms with van der Waals surface area (Å²) >= 11 is 5.85. The van der Waals surface area contributed by atoms with E-state index in [1.165, 1.54) is 4.57 Å². The van der Waals surface area contributed by atoms with Crippen molar-refractivity contribution >= 4 is 17.5 Å². The van der Waals surface area contributed by atoms with E-state index in [1.54, 1.807) is 19.3 Å². The molecule has 1 fully saturated rings. The normalized spacial score (nSPS) is 21.3. The molecule has 0 radical (unpaired) electrons. The third-order valence-corrected chi connectivity index (χ3v) is 4.75. The van der Waals surface area contributed by atoms with E-state index in [0.717, 1.165) is 31.5 Å². The first kappa shape index (κ1) is 15.9. The van der Waals surface area contributed by atoms with Crippen molar-refractivity contribution in [3.63, 3.8) is 0 Å². The molecule has 0 bridgehead atoms. The van der Waals surface area contributed by atoms with E-state index in [-0.39, 0.29) is 23.6 Å². The van der Waals surface area contributed by atoms with Gasteiger partial charge in [-0.1, -0.05) is 24.4 Å². The number of carbonyl (C=O) groups is 1. The number of hydrogen-bond acceptors (Lipinski definition) is 3. The summed E-state index contributed by atoms with van der Waals surface area (Å²) < 4.78 is 1.53. The third-order valence-electron chi connectivity index (χ3n) is 4.54. The Bertz CT molecular complexity index is 747. The van der Waals surface area contributed by atoms with Crippen LogP contribution in [-0.4, -0.2) is 31.7 Å². The molecule has 2 atom stereocenters. The summed E-state index contributed by atoms with van der Waals surface area (Å²) in [6, 6.07) is 1.69. The summed E-state index contributed by atoms with van der Waals surface area (Å²) in [6.45, 7) is 0. The molecular weight excluding hydrogens is 318 g/mol. The Hall–Kier alpha value is -2.02. The number of H-pyrrole nitrogens is 2. The zero-order valence-corrected chi connectivity index (χ0v) is 13.7. The molecule has 2 heterocycles. The Labute approximate surface area is 138 Å². The van der Waals surface area contributed by atoms with Gasteiger partial charge in [-0.2, -0.15) is 5.10 Å². The number of halogens is 1. The fourth-order valence-electron chi connectivity index (χ4n) is 3.18. The first-order chi connectivity index (χ1) is 11.0. The van der Waals surface area contributed by atoms with Gasteiger partial charge < -0.3 is 10.3 Å². The van der Waals surface area contributed by atoms with Gasteiger partial charge >= 0.3 is 5.69 Å². The number of hydrogen-bond donors (Lipinski definition) is 3. The number of amides is 1. The maximum atomic E-state index is 12.3.